The smallest absolute Gasteiger partial charge is 0.191 e. The topological polar surface area (TPSA) is 41.6 Å². The fourth-order valence-electron chi connectivity index (χ4n) is 0.791. The second-order valence-corrected chi connectivity index (χ2v) is 2.66. The van der Waals surface area contributed by atoms with E-state index in [0.717, 1.165) is 24.1 Å². The summed E-state index contributed by atoms with van der Waals surface area (Å²) in [4.78, 5) is 6.17. The van der Waals surface area contributed by atoms with Crippen LogP contribution in [0.15, 0.2) is 4.99 Å². The Kier molecular flexibility index (Phi) is 2.56. The van der Waals surface area contributed by atoms with E-state index in [1.54, 1.807) is 0 Å². The molecular formula is C5H10IN3. The molecule has 0 saturated heterocycles. The fraction of sp³-hybridized carbons (Fsp3) is 0.800. The Morgan fingerprint density at radius 1 is 1.78 bits per heavy atom. The SMILES string of the molecule is NC1=NCCCN1CI. The van der Waals surface area contributed by atoms with Crippen molar-refractivity contribution in [2.75, 3.05) is 17.6 Å². The lowest BCUT2D eigenvalue weighted by Gasteiger charge is -2.23. The van der Waals surface area contributed by atoms with Crippen molar-refractivity contribution in [1.82, 2.24) is 4.90 Å². The van der Waals surface area contributed by atoms with Crippen LogP contribution in [0.5, 0.6) is 0 Å². The highest BCUT2D eigenvalue weighted by molar-refractivity contribution is 14.1. The molecule has 3 nitrogen and oxygen atoms in total. The van der Waals surface area contributed by atoms with Gasteiger partial charge in [0.1, 0.15) is 0 Å². The summed E-state index contributed by atoms with van der Waals surface area (Å²) >= 11 is 2.29. The van der Waals surface area contributed by atoms with Gasteiger partial charge in [0, 0.05) is 13.1 Å². The summed E-state index contributed by atoms with van der Waals surface area (Å²) in [5.41, 5.74) is 5.56. The summed E-state index contributed by atoms with van der Waals surface area (Å²) in [6, 6.07) is 0. The summed E-state index contributed by atoms with van der Waals surface area (Å²) in [7, 11) is 0. The van der Waals surface area contributed by atoms with Crippen LogP contribution >= 0.6 is 22.6 Å². The standard InChI is InChI=1S/C5H10IN3/c6-4-9-3-1-2-8-5(9)7/h1-4H2,(H2,7,8). The number of hydrogen-bond acceptors (Lipinski definition) is 3. The molecule has 4 heteroatoms. The van der Waals surface area contributed by atoms with Gasteiger partial charge in [-0.05, 0) is 6.42 Å². The first-order valence-corrected chi connectivity index (χ1v) is 4.48. The Morgan fingerprint density at radius 3 is 3.00 bits per heavy atom. The third kappa shape index (κ3) is 1.70. The van der Waals surface area contributed by atoms with Crippen molar-refractivity contribution in [3.63, 3.8) is 0 Å². The zero-order valence-corrected chi connectivity index (χ0v) is 7.34. The van der Waals surface area contributed by atoms with Gasteiger partial charge < -0.3 is 10.6 Å². The molecule has 0 aromatic carbocycles. The Hall–Kier alpha value is 0. The second-order valence-electron chi connectivity index (χ2n) is 1.98. The van der Waals surface area contributed by atoms with Gasteiger partial charge in [0.05, 0.1) is 4.55 Å². The second kappa shape index (κ2) is 3.24. The molecular weight excluding hydrogens is 229 g/mol. The monoisotopic (exact) mass is 239 g/mol. The predicted molar refractivity (Wildman–Crippen MR) is 46.7 cm³/mol. The third-order valence-corrected chi connectivity index (χ3v) is 2.15. The molecule has 0 fully saturated rings. The van der Waals surface area contributed by atoms with E-state index < -0.39 is 0 Å². The van der Waals surface area contributed by atoms with Gasteiger partial charge in [0.25, 0.3) is 0 Å². The van der Waals surface area contributed by atoms with Crippen molar-refractivity contribution >= 4 is 28.6 Å². The van der Waals surface area contributed by atoms with Crippen LogP contribution in [-0.2, 0) is 0 Å². The van der Waals surface area contributed by atoms with Crippen molar-refractivity contribution in [3.05, 3.63) is 0 Å². The molecule has 1 heterocycles. The van der Waals surface area contributed by atoms with Crippen molar-refractivity contribution in [2.24, 2.45) is 10.7 Å². The minimum atomic E-state index is 0.704. The van der Waals surface area contributed by atoms with Gasteiger partial charge in [-0.15, -0.1) is 0 Å². The summed E-state index contributed by atoms with van der Waals surface area (Å²) in [5.74, 6) is 0.704. The maximum atomic E-state index is 5.56. The van der Waals surface area contributed by atoms with Gasteiger partial charge in [-0.1, -0.05) is 22.6 Å². The van der Waals surface area contributed by atoms with Crippen LogP contribution in [0.4, 0.5) is 0 Å². The van der Waals surface area contributed by atoms with E-state index in [-0.39, 0.29) is 0 Å². The summed E-state index contributed by atoms with van der Waals surface area (Å²) in [6.45, 7) is 1.97. The molecule has 9 heavy (non-hydrogen) atoms. The van der Waals surface area contributed by atoms with Gasteiger partial charge in [0.15, 0.2) is 5.96 Å². The molecule has 0 amide bonds. The quantitative estimate of drug-likeness (QED) is 0.409. The van der Waals surface area contributed by atoms with Crippen LogP contribution in [0.3, 0.4) is 0 Å². The highest BCUT2D eigenvalue weighted by Gasteiger charge is 2.08. The van der Waals surface area contributed by atoms with E-state index in [9.17, 15) is 0 Å². The average molecular weight is 239 g/mol. The molecule has 0 aromatic rings. The van der Waals surface area contributed by atoms with Crippen LogP contribution in [0.25, 0.3) is 0 Å². The van der Waals surface area contributed by atoms with Crippen molar-refractivity contribution in [3.8, 4) is 0 Å². The molecule has 0 saturated carbocycles. The number of aliphatic imine (C=N–C) groups is 1. The minimum Gasteiger partial charge on any atom is -0.370 e. The lowest BCUT2D eigenvalue weighted by molar-refractivity contribution is 0.455. The highest BCUT2D eigenvalue weighted by atomic mass is 127. The Morgan fingerprint density at radius 2 is 2.56 bits per heavy atom. The Balaban J connectivity index is 2.50. The van der Waals surface area contributed by atoms with E-state index in [2.05, 4.69) is 32.5 Å². The number of nitrogens with two attached hydrogens (primary N) is 1. The molecule has 1 aliphatic rings. The fourth-order valence-corrected chi connectivity index (χ4v) is 1.48. The molecule has 0 atom stereocenters. The van der Waals surface area contributed by atoms with Gasteiger partial charge in [-0.3, -0.25) is 4.99 Å². The number of guanidine groups is 1. The summed E-state index contributed by atoms with van der Waals surface area (Å²) < 4.78 is 0.951. The molecule has 1 aliphatic heterocycles. The molecule has 52 valence electrons. The van der Waals surface area contributed by atoms with Crippen LogP contribution in [0.1, 0.15) is 6.42 Å². The van der Waals surface area contributed by atoms with Gasteiger partial charge in [-0.25, -0.2) is 0 Å². The van der Waals surface area contributed by atoms with Crippen molar-refractivity contribution in [2.45, 2.75) is 6.42 Å². The van der Waals surface area contributed by atoms with E-state index in [1.807, 2.05) is 0 Å². The van der Waals surface area contributed by atoms with Crippen molar-refractivity contribution in [1.29, 1.82) is 0 Å². The zero-order chi connectivity index (χ0) is 6.69. The van der Waals surface area contributed by atoms with Gasteiger partial charge in [0.2, 0.25) is 0 Å². The molecule has 0 spiro atoms. The van der Waals surface area contributed by atoms with E-state index >= 15 is 0 Å². The lowest BCUT2D eigenvalue weighted by atomic mass is 10.4. The maximum absolute atomic E-state index is 5.56. The molecule has 0 aromatic heterocycles. The summed E-state index contributed by atoms with van der Waals surface area (Å²) in [6.07, 6.45) is 1.14. The number of rotatable bonds is 1. The van der Waals surface area contributed by atoms with Crippen molar-refractivity contribution < 1.29 is 0 Å². The largest absolute Gasteiger partial charge is 0.370 e. The van der Waals surface area contributed by atoms with Crippen LogP contribution in [0.2, 0.25) is 0 Å². The number of hydrogen-bond donors (Lipinski definition) is 1. The van der Waals surface area contributed by atoms with E-state index in [1.165, 1.54) is 0 Å². The van der Waals surface area contributed by atoms with Crippen LogP contribution < -0.4 is 5.73 Å². The van der Waals surface area contributed by atoms with Gasteiger partial charge in [-0.2, -0.15) is 0 Å². The number of alkyl halides is 1. The molecule has 0 bridgehead atoms. The lowest BCUT2D eigenvalue weighted by Crippen LogP contribution is -2.40. The Labute approximate surface area is 68.5 Å². The first kappa shape index (κ1) is 7.11. The normalized spacial score (nSPS) is 19.7. The van der Waals surface area contributed by atoms with Gasteiger partial charge >= 0.3 is 0 Å². The minimum absolute atomic E-state index is 0.704. The van der Waals surface area contributed by atoms with E-state index in [0.29, 0.717) is 5.96 Å². The number of halogens is 1. The number of nitrogens with zero attached hydrogens (tertiary/aromatic N) is 2. The molecule has 0 aliphatic carbocycles. The third-order valence-electron chi connectivity index (χ3n) is 1.33. The first-order valence-electron chi connectivity index (χ1n) is 2.95. The molecule has 0 unspecified atom stereocenters. The molecule has 1 rings (SSSR count). The summed E-state index contributed by atoms with van der Waals surface area (Å²) in [5, 5.41) is 0. The average Bonchev–Trinajstić information content (AvgIpc) is 1.89. The van der Waals surface area contributed by atoms with Crippen LogP contribution in [0, 0.1) is 0 Å². The maximum Gasteiger partial charge on any atom is 0.191 e. The Bertz CT molecular complexity index is 123. The molecule has 2 N–H and O–H groups in total. The van der Waals surface area contributed by atoms with E-state index in [4.69, 9.17) is 5.73 Å². The first-order chi connectivity index (χ1) is 4.34. The zero-order valence-electron chi connectivity index (χ0n) is 5.18. The van der Waals surface area contributed by atoms with Crippen LogP contribution in [-0.4, -0.2) is 28.5 Å². The molecule has 0 radical (unpaired) electrons. The highest BCUT2D eigenvalue weighted by Crippen LogP contribution is 2.01. The predicted octanol–water partition coefficient (Wildman–Crippen LogP) is 0.399.